The predicted molar refractivity (Wildman–Crippen MR) is 107 cm³/mol. The van der Waals surface area contributed by atoms with Gasteiger partial charge in [-0.05, 0) is 38.1 Å². The number of ether oxygens (including phenoxy) is 1. The van der Waals surface area contributed by atoms with Crippen LogP contribution in [0, 0.1) is 13.8 Å². The van der Waals surface area contributed by atoms with E-state index in [0.29, 0.717) is 22.1 Å². The Hall–Kier alpha value is -3.61. The molecule has 0 aliphatic rings. The predicted octanol–water partition coefficient (Wildman–Crippen LogP) is 2.98. The third-order valence-electron chi connectivity index (χ3n) is 4.50. The highest BCUT2D eigenvalue weighted by Gasteiger charge is 2.13. The van der Waals surface area contributed by atoms with Gasteiger partial charge in [0.15, 0.2) is 0 Å². The largest absolute Gasteiger partial charge is 0.508 e. The minimum Gasteiger partial charge on any atom is -0.508 e. The van der Waals surface area contributed by atoms with E-state index in [0.717, 1.165) is 5.56 Å². The van der Waals surface area contributed by atoms with E-state index in [9.17, 15) is 19.5 Å². The van der Waals surface area contributed by atoms with E-state index in [1.165, 1.54) is 12.1 Å². The number of benzene rings is 2. The van der Waals surface area contributed by atoms with Crippen molar-refractivity contribution in [2.45, 2.75) is 26.9 Å². The van der Waals surface area contributed by atoms with Gasteiger partial charge in [0.2, 0.25) is 0 Å². The lowest BCUT2D eigenvalue weighted by molar-refractivity contribution is -0.144. The van der Waals surface area contributed by atoms with Crippen molar-refractivity contribution in [2.24, 2.45) is 0 Å². The van der Waals surface area contributed by atoms with Gasteiger partial charge < -0.3 is 19.6 Å². The van der Waals surface area contributed by atoms with Crippen LogP contribution in [0.25, 0.3) is 11.0 Å². The van der Waals surface area contributed by atoms with E-state index in [4.69, 9.17) is 9.15 Å². The number of aromatic hydroxyl groups is 1. The van der Waals surface area contributed by atoms with E-state index >= 15 is 0 Å². The van der Waals surface area contributed by atoms with Crippen molar-refractivity contribution in [1.82, 2.24) is 5.32 Å². The number of phenolic OH excluding ortho intramolecular Hbond substituents is 1. The molecule has 0 atom stereocenters. The van der Waals surface area contributed by atoms with Crippen LogP contribution in [0.4, 0.5) is 0 Å². The summed E-state index contributed by atoms with van der Waals surface area (Å²) in [4.78, 5) is 35.9. The zero-order valence-electron chi connectivity index (χ0n) is 16.2. The lowest BCUT2D eigenvalue weighted by Crippen LogP contribution is -2.26. The van der Waals surface area contributed by atoms with Gasteiger partial charge in [-0.3, -0.25) is 9.59 Å². The van der Waals surface area contributed by atoms with Crippen LogP contribution in [0.15, 0.2) is 51.7 Å². The van der Waals surface area contributed by atoms with E-state index in [1.807, 2.05) is 13.0 Å². The van der Waals surface area contributed by atoms with Gasteiger partial charge in [-0.15, -0.1) is 0 Å². The first-order valence-electron chi connectivity index (χ1n) is 9.11. The maximum absolute atomic E-state index is 12.1. The van der Waals surface area contributed by atoms with Crippen molar-refractivity contribution in [3.63, 3.8) is 0 Å². The van der Waals surface area contributed by atoms with Gasteiger partial charge in [0.1, 0.15) is 17.9 Å². The SMILES string of the molecule is Cc1cccc(C(=O)NCCC(=O)OCc2cc(=O)oc3c(C)c(O)ccc23)c1. The number of nitrogens with one attached hydrogen (secondary N) is 1. The Bertz CT molecular complexity index is 1130. The summed E-state index contributed by atoms with van der Waals surface area (Å²) in [5.74, 6) is -0.756. The number of hydrogen-bond donors (Lipinski definition) is 2. The Morgan fingerprint density at radius 2 is 1.93 bits per heavy atom. The summed E-state index contributed by atoms with van der Waals surface area (Å²) in [6, 6.07) is 11.5. The van der Waals surface area contributed by atoms with Crippen LogP contribution in [0.5, 0.6) is 5.75 Å². The first kappa shape index (κ1) is 20.1. The number of fused-ring (bicyclic) bond motifs is 1. The molecule has 7 heteroatoms. The molecule has 1 heterocycles. The van der Waals surface area contributed by atoms with E-state index in [1.54, 1.807) is 31.2 Å². The summed E-state index contributed by atoms with van der Waals surface area (Å²) in [5, 5.41) is 13.0. The van der Waals surface area contributed by atoms with Crippen molar-refractivity contribution in [3.8, 4) is 5.75 Å². The molecule has 3 rings (SSSR count). The number of hydrogen-bond acceptors (Lipinski definition) is 6. The molecule has 150 valence electrons. The molecule has 0 bridgehead atoms. The van der Waals surface area contributed by atoms with Crippen molar-refractivity contribution < 1.29 is 23.8 Å². The Balaban J connectivity index is 1.58. The number of amides is 1. The van der Waals surface area contributed by atoms with Crippen LogP contribution < -0.4 is 10.9 Å². The zero-order valence-corrected chi connectivity index (χ0v) is 16.2. The quantitative estimate of drug-likeness (QED) is 0.491. The minimum absolute atomic E-state index is 0.00323. The highest BCUT2D eigenvalue weighted by molar-refractivity contribution is 5.94. The third kappa shape index (κ3) is 4.82. The average Bonchev–Trinajstić information content (AvgIpc) is 2.69. The van der Waals surface area contributed by atoms with Gasteiger partial charge in [0.05, 0.1) is 6.42 Å². The lowest BCUT2D eigenvalue weighted by atomic mass is 10.1. The number of carbonyl (C=O) groups excluding carboxylic acids is 2. The van der Waals surface area contributed by atoms with E-state index in [2.05, 4.69) is 5.32 Å². The maximum atomic E-state index is 12.1. The molecular weight excluding hydrogens is 374 g/mol. The van der Waals surface area contributed by atoms with Gasteiger partial charge in [0.25, 0.3) is 5.91 Å². The first-order chi connectivity index (χ1) is 13.8. The van der Waals surface area contributed by atoms with E-state index in [-0.39, 0.29) is 36.8 Å². The fraction of sp³-hybridized carbons (Fsp3) is 0.227. The van der Waals surface area contributed by atoms with Crippen LogP contribution in [0.3, 0.4) is 0 Å². The van der Waals surface area contributed by atoms with Gasteiger partial charge >= 0.3 is 11.6 Å². The third-order valence-corrected chi connectivity index (χ3v) is 4.50. The van der Waals surface area contributed by atoms with Crippen LogP contribution in [0.1, 0.15) is 33.5 Å². The smallest absolute Gasteiger partial charge is 0.336 e. The van der Waals surface area contributed by atoms with Crippen molar-refractivity contribution in [1.29, 1.82) is 0 Å². The zero-order chi connectivity index (χ0) is 21.0. The van der Waals surface area contributed by atoms with Crippen LogP contribution in [0.2, 0.25) is 0 Å². The van der Waals surface area contributed by atoms with Crippen LogP contribution >= 0.6 is 0 Å². The Kier molecular flexibility index (Phi) is 5.97. The maximum Gasteiger partial charge on any atom is 0.336 e. The van der Waals surface area contributed by atoms with Crippen LogP contribution in [-0.2, 0) is 16.1 Å². The number of phenols is 1. The second-order valence-electron chi connectivity index (χ2n) is 6.71. The molecule has 2 N–H and O–H groups in total. The Morgan fingerprint density at radius 1 is 1.14 bits per heavy atom. The molecule has 0 aliphatic heterocycles. The average molecular weight is 395 g/mol. The Morgan fingerprint density at radius 3 is 2.69 bits per heavy atom. The molecule has 29 heavy (non-hydrogen) atoms. The van der Waals surface area contributed by atoms with E-state index < -0.39 is 11.6 Å². The fourth-order valence-electron chi connectivity index (χ4n) is 2.93. The number of rotatable bonds is 6. The molecule has 1 amide bonds. The summed E-state index contributed by atoms with van der Waals surface area (Å²) < 4.78 is 10.4. The molecule has 0 fully saturated rings. The summed E-state index contributed by atoms with van der Waals surface area (Å²) >= 11 is 0. The van der Waals surface area contributed by atoms with Gasteiger partial charge in [-0.1, -0.05) is 17.7 Å². The number of aryl methyl sites for hydroxylation is 2. The van der Waals surface area contributed by atoms with Crippen molar-refractivity contribution in [3.05, 3.63) is 75.1 Å². The molecule has 1 aromatic heterocycles. The first-order valence-corrected chi connectivity index (χ1v) is 9.11. The molecule has 0 unspecified atom stereocenters. The summed E-state index contributed by atoms with van der Waals surface area (Å²) in [7, 11) is 0. The second kappa shape index (κ2) is 8.60. The fourth-order valence-corrected chi connectivity index (χ4v) is 2.93. The molecule has 0 saturated carbocycles. The molecule has 7 nitrogen and oxygen atoms in total. The van der Waals surface area contributed by atoms with Crippen LogP contribution in [-0.4, -0.2) is 23.5 Å². The molecule has 0 spiro atoms. The molecule has 2 aromatic carbocycles. The van der Waals surface area contributed by atoms with Gasteiger partial charge in [-0.25, -0.2) is 4.79 Å². The monoisotopic (exact) mass is 395 g/mol. The van der Waals surface area contributed by atoms with Crippen molar-refractivity contribution >= 4 is 22.8 Å². The number of esters is 1. The normalized spacial score (nSPS) is 10.7. The minimum atomic E-state index is -0.595. The lowest BCUT2D eigenvalue weighted by Gasteiger charge is -2.10. The molecule has 3 aromatic rings. The summed E-state index contributed by atoms with van der Waals surface area (Å²) in [5.41, 5.74) is 2.08. The van der Waals surface area contributed by atoms with Gasteiger partial charge in [-0.2, -0.15) is 0 Å². The Labute approximate surface area is 166 Å². The van der Waals surface area contributed by atoms with Gasteiger partial charge in [0, 0.05) is 34.7 Å². The molecule has 0 radical (unpaired) electrons. The highest BCUT2D eigenvalue weighted by atomic mass is 16.5. The topological polar surface area (TPSA) is 106 Å². The summed E-state index contributed by atoms with van der Waals surface area (Å²) in [6.45, 7) is 3.55. The standard InChI is InChI=1S/C22H21NO6/c1-13-4-3-5-15(10-13)22(27)23-9-8-19(25)28-12-16-11-20(26)29-21-14(2)18(24)7-6-17(16)21/h3-7,10-11,24H,8-9,12H2,1-2H3,(H,23,27). The van der Waals surface area contributed by atoms with Crippen molar-refractivity contribution in [2.75, 3.05) is 6.54 Å². The molecular formula is C22H21NO6. The summed E-state index contributed by atoms with van der Waals surface area (Å²) in [6.07, 6.45) is -0.00323. The molecule has 0 saturated heterocycles. The second-order valence-corrected chi connectivity index (χ2v) is 6.71. The number of carbonyl (C=O) groups is 2. The highest BCUT2D eigenvalue weighted by Crippen LogP contribution is 2.27. The molecule has 0 aliphatic carbocycles.